The van der Waals surface area contributed by atoms with E-state index in [1.807, 2.05) is 0 Å². The average Bonchev–Trinajstić information content (AvgIpc) is 2.26. The molecular weight excluding hydrogens is 217 g/mol. The van der Waals surface area contributed by atoms with Gasteiger partial charge in [-0.3, -0.25) is 0 Å². The second-order valence-electron chi connectivity index (χ2n) is 3.30. The molecule has 0 saturated carbocycles. The third-order valence-corrected chi connectivity index (χ3v) is 2.17. The number of benzene rings is 1. The summed E-state index contributed by atoms with van der Waals surface area (Å²) in [5.41, 5.74) is -0.0367. The van der Waals surface area contributed by atoms with Crippen LogP contribution in [-0.2, 0) is 6.18 Å². The predicted octanol–water partition coefficient (Wildman–Crippen LogP) is 3.48. The summed E-state index contributed by atoms with van der Waals surface area (Å²) in [7, 11) is 0. The summed E-state index contributed by atoms with van der Waals surface area (Å²) in [6.07, 6.45) is -4.01. The smallest absolute Gasteiger partial charge is 0.384 e. The van der Waals surface area contributed by atoms with E-state index in [1.165, 1.54) is 18.2 Å². The van der Waals surface area contributed by atoms with Crippen molar-refractivity contribution in [2.45, 2.75) is 12.3 Å². The normalized spacial score (nSPS) is 13.2. The van der Waals surface area contributed by atoms with Gasteiger partial charge < -0.3 is 5.11 Å². The molecule has 1 rings (SSSR count). The van der Waals surface area contributed by atoms with Crippen molar-refractivity contribution in [1.82, 2.24) is 0 Å². The Morgan fingerprint density at radius 3 is 2.12 bits per heavy atom. The number of hydrogen-bond donors (Lipinski definition) is 1. The molecule has 0 aliphatic heterocycles. The van der Waals surface area contributed by atoms with E-state index in [0.717, 1.165) is 12.1 Å². The summed E-state index contributed by atoms with van der Waals surface area (Å²) in [4.78, 5) is 0. The molecule has 1 aromatic carbocycles. The van der Waals surface area contributed by atoms with Crippen LogP contribution in [-0.4, -0.2) is 5.11 Å². The van der Waals surface area contributed by atoms with Crippen LogP contribution in [0.1, 0.15) is 17.2 Å². The molecule has 0 fully saturated rings. The summed E-state index contributed by atoms with van der Waals surface area (Å²) in [6, 6.07) is 4.30. The molecular formula is C12H11F3O. The zero-order valence-corrected chi connectivity index (χ0v) is 8.46. The topological polar surface area (TPSA) is 20.2 Å². The molecule has 0 aromatic heterocycles. The number of rotatable bonds is 3. The maximum atomic E-state index is 12.2. The van der Waals surface area contributed by atoms with Crippen molar-refractivity contribution in [2.24, 2.45) is 0 Å². The van der Waals surface area contributed by atoms with Gasteiger partial charge in [-0.15, -0.1) is 0 Å². The molecule has 0 radical (unpaired) electrons. The Bertz CT molecular complexity index is 390. The number of aliphatic hydroxyl groups is 1. The molecule has 1 N–H and O–H groups in total. The fraction of sp³-hybridized carbons (Fsp3) is 0.167. The molecule has 86 valence electrons. The summed E-state index contributed by atoms with van der Waals surface area (Å²) < 4.78 is 36.7. The molecule has 0 unspecified atom stereocenters. The van der Waals surface area contributed by atoms with Gasteiger partial charge in [-0.25, -0.2) is 0 Å². The van der Waals surface area contributed by atoms with Crippen LogP contribution < -0.4 is 0 Å². The fourth-order valence-corrected chi connectivity index (χ4v) is 1.18. The van der Waals surface area contributed by atoms with Crippen LogP contribution in [0.25, 0.3) is 0 Å². The second-order valence-corrected chi connectivity index (χ2v) is 3.30. The second kappa shape index (κ2) is 4.53. The SMILES string of the molecule is C=CC(=C)[C@@H](O)c1ccc(C(F)(F)F)cc1. The van der Waals surface area contributed by atoms with Gasteiger partial charge in [-0.1, -0.05) is 31.4 Å². The number of hydrogen-bond acceptors (Lipinski definition) is 1. The molecule has 0 spiro atoms. The highest BCUT2D eigenvalue weighted by atomic mass is 19.4. The van der Waals surface area contributed by atoms with Crippen LogP contribution in [0.4, 0.5) is 13.2 Å². The third kappa shape index (κ3) is 2.73. The summed E-state index contributed by atoms with van der Waals surface area (Å²) in [5, 5.41) is 9.63. The Balaban J connectivity index is 2.95. The van der Waals surface area contributed by atoms with Crippen molar-refractivity contribution in [2.75, 3.05) is 0 Å². The third-order valence-electron chi connectivity index (χ3n) is 2.17. The lowest BCUT2D eigenvalue weighted by molar-refractivity contribution is -0.137. The van der Waals surface area contributed by atoms with Crippen molar-refractivity contribution in [3.8, 4) is 0 Å². The maximum Gasteiger partial charge on any atom is 0.416 e. The molecule has 0 bridgehead atoms. The predicted molar refractivity (Wildman–Crippen MR) is 55.7 cm³/mol. The van der Waals surface area contributed by atoms with Gasteiger partial charge in [0.1, 0.15) is 6.10 Å². The summed E-state index contributed by atoms with van der Waals surface area (Å²) >= 11 is 0. The lowest BCUT2D eigenvalue weighted by atomic mass is 10.0. The monoisotopic (exact) mass is 228 g/mol. The van der Waals surface area contributed by atoms with Crippen LogP contribution in [0.3, 0.4) is 0 Å². The maximum absolute atomic E-state index is 12.2. The molecule has 0 aliphatic rings. The molecule has 16 heavy (non-hydrogen) atoms. The van der Waals surface area contributed by atoms with E-state index in [1.54, 1.807) is 0 Å². The lowest BCUT2D eigenvalue weighted by Crippen LogP contribution is -2.05. The Morgan fingerprint density at radius 2 is 1.75 bits per heavy atom. The standard InChI is InChI=1S/C12H11F3O/c1-3-8(2)11(16)9-4-6-10(7-5-9)12(13,14)15/h3-7,11,16H,1-2H2/t11-/m1/s1. The highest BCUT2D eigenvalue weighted by molar-refractivity contribution is 5.32. The van der Waals surface area contributed by atoms with Gasteiger partial charge in [0.2, 0.25) is 0 Å². The van der Waals surface area contributed by atoms with E-state index >= 15 is 0 Å². The van der Waals surface area contributed by atoms with Gasteiger partial charge >= 0.3 is 6.18 Å². The molecule has 0 heterocycles. The van der Waals surface area contributed by atoms with Crippen molar-refractivity contribution in [3.05, 3.63) is 60.2 Å². The van der Waals surface area contributed by atoms with E-state index in [-0.39, 0.29) is 0 Å². The molecule has 4 heteroatoms. The first kappa shape index (κ1) is 12.5. The van der Waals surface area contributed by atoms with E-state index in [9.17, 15) is 18.3 Å². The van der Waals surface area contributed by atoms with Gasteiger partial charge in [0.25, 0.3) is 0 Å². The minimum absolute atomic E-state index is 0.347. The molecule has 0 amide bonds. The molecule has 0 saturated heterocycles. The first-order valence-electron chi connectivity index (χ1n) is 4.52. The fourth-order valence-electron chi connectivity index (χ4n) is 1.18. The Hall–Kier alpha value is -1.55. The Kier molecular flexibility index (Phi) is 3.55. The van der Waals surface area contributed by atoms with Gasteiger partial charge in [-0.05, 0) is 23.3 Å². The van der Waals surface area contributed by atoms with Crippen LogP contribution in [0.2, 0.25) is 0 Å². The van der Waals surface area contributed by atoms with Crippen LogP contribution in [0, 0.1) is 0 Å². The first-order chi connectivity index (χ1) is 7.36. The molecule has 1 nitrogen and oxygen atoms in total. The van der Waals surface area contributed by atoms with Crippen molar-refractivity contribution in [3.63, 3.8) is 0 Å². The van der Waals surface area contributed by atoms with Crippen molar-refractivity contribution >= 4 is 0 Å². The highest BCUT2D eigenvalue weighted by Crippen LogP contribution is 2.30. The van der Waals surface area contributed by atoms with Crippen LogP contribution in [0.5, 0.6) is 0 Å². The summed E-state index contributed by atoms with van der Waals surface area (Å²) in [6.45, 7) is 6.95. The zero-order chi connectivity index (χ0) is 12.3. The minimum atomic E-state index is -4.36. The zero-order valence-electron chi connectivity index (χ0n) is 8.46. The van der Waals surface area contributed by atoms with Crippen LogP contribution in [0.15, 0.2) is 49.1 Å². The van der Waals surface area contributed by atoms with Crippen molar-refractivity contribution in [1.29, 1.82) is 0 Å². The van der Waals surface area contributed by atoms with Gasteiger partial charge in [0.05, 0.1) is 5.56 Å². The average molecular weight is 228 g/mol. The highest BCUT2D eigenvalue weighted by Gasteiger charge is 2.30. The number of aliphatic hydroxyl groups excluding tert-OH is 1. The van der Waals surface area contributed by atoms with E-state index in [4.69, 9.17) is 0 Å². The first-order valence-corrected chi connectivity index (χ1v) is 4.52. The Labute approximate surface area is 91.5 Å². The van der Waals surface area contributed by atoms with Gasteiger partial charge in [-0.2, -0.15) is 13.2 Å². The van der Waals surface area contributed by atoms with Gasteiger partial charge in [0, 0.05) is 0 Å². The molecule has 1 atom stereocenters. The Morgan fingerprint density at radius 1 is 1.25 bits per heavy atom. The van der Waals surface area contributed by atoms with E-state index in [0.29, 0.717) is 11.1 Å². The van der Waals surface area contributed by atoms with Crippen molar-refractivity contribution < 1.29 is 18.3 Å². The summed E-state index contributed by atoms with van der Waals surface area (Å²) in [5.74, 6) is 0. The number of halogens is 3. The van der Waals surface area contributed by atoms with Crippen LogP contribution >= 0.6 is 0 Å². The molecule has 0 aliphatic carbocycles. The lowest BCUT2D eigenvalue weighted by Gasteiger charge is -2.12. The minimum Gasteiger partial charge on any atom is -0.384 e. The van der Waals surface area contributed by atoms with Gasteiger partial charge in [0.15, 0.2) is 0 Å². The quantitative estimate of drug-likeness (QED) is 0.785. The largest absolute Gasteiger partial charge is 0.416 e. The molecule has 1 aromatic rings. The van der Waals surface area contributed by atoms with E-state index in [2.05, 4.69) is 13.2 Å². The van der Waals surface area contributed by atoms with E-state index < -0.39 is 17.8 Å². The number of alkyl halides is 3.